The number of aromatic nitrogens is 1. The third-order valence-electron chi connectivity index (χ3n) is 2.85. The second-order valence-corrected chi connectivity index (χ2v) is 4.81. The lowest BCUT2D eigenvalue weighted by molar-refractivity contribution is 0.483. The van der Waals surface area contributed by atoms with Gasteiger partial charge in [-0.1, -0.05) is 29.8 Å². The van der Waals surface area contributed by atoms with Crippen LogP contribution >= 0.6 is 11.6 Å². The van der Waals surface area contributed by atoms with Crippen molar-refractivity contribution in [2.45, 2.75) is 0 Å². The molecule has 0 bridgehead atoms. The van der Waals surface area contributed by atoms with E-state index in [1.165, 1.54) is 0 Å². The molecule has 3 nitrogen and oxygen atoms in total. The molecule has 1 heterocycles. The maximum absolute atomic E-state index is 6.06. The summed E-state index contributed by atoms with van der Waals surface area (Å²) in [6.45, 7) is 0. The summed E-state index contributed by atoms with van der Waals surface area (Å²) in [4.78, 5) is 4.19. The Morgan fingerprint density at radius 2 is 1.52 bits per heavy atom. The molecule has 4 heteroatoms. The molecule has 0 spiro atoms. The number of benzene rings is 2. The lowest BCUT2D eigenvalue weighted by atomic mass is 10.3. The largest absolute Gasteiger partial charge is 0.457 e. The van der Waals surface area contributed by atoms with Crippen LogP contribution < -0.4 is 10.1 Å². The Balaban J connectivity index is 1.71. The lowest BCUT2D eigenvalue weighted by Gasteiger charge is -2.09. The summed E-state index contributed by atoms with van der Waals surface area (Å²) in [7, 11) is 0. The lowest BCUT2D eigenvalue weighted by Crippen LogP contribution is -1.93. The van der Waals surface area contributed by atoms with Gasteiger partial charge in [0.05, 0.1) is 5.02 Å². The van der Waals surface area contributed by atoms with Gasteiger partial charge in [0.15, 0.2) is 0 Å². The Hall–Kier alpha value is -2.52. The number of hydrogen-bond acceptors (Lipinski definition) is 3. The van der Waals surface area contributed by atoms with Crippen LogP contribution in [0.5, 0.6) is 11.5 Å². The van der Waals surface area contributed by atoms with Gasteiger partial charge >= 0.3 is 0 Å². The number of nitrogens with one attached hydrogen (secondary N) is 1. The number of anilines is 2. The Morgan fingerprint density at radius 1 is 0.810 bits per heavy atom. The molecule has 0 saturated heterocycles. The molecule has 21 heavy (non-hydrogen) atoms. The van der Waals surface area contributed by atoms with Gasteiger partial charge in [0, 0.05) is 11.9 Å². The summed E-state index contributed by atoms with van der Waals surface area (Å²) < 4.78 is 5.74. The van der Waals surface area contributed by atoms with E-state index in [0.717, 1.165) is 17.2 Å². The van der Waals surface area contributed by atoms with Crippen molar-refractivity contribution in [2.24, 2.45) is 0 Å². The average Bonchev–Trinajstić information content (AvgIpc) is 2.52. The van der Waals surface area contributed by atoms with Gasteiger partial charge in [-0.3, -0.25) is 0 Å². The highest BCUT2D eigenvalue weighted by Crippen LogP contribution is 2.26. The third-order valence-corrected chi connectivity index (χ3v) is 3.16. The number of ether oxygens (including phenoxy) is 1. The molecule has 104 valence electrons. The molecule has 3 aromatic rings. The number of pyridine rings is 1. The van der Waals surface area contributed by atoms with Gasteiger partial charge in [0.2, 0.25) is 0 Å². The molecule has 0 aliphatic heterocycles. The molecular weight excluding hydrogens is 284 g/mol. The van der Waals surface area contributed by atoms with Crippen molar-refractivity contribution in [2.75, 3.05) is 5.32 Å². The minimum atomic E-state index is 0.585. The van der Waals surface area contributed by atoms with Crippen molar-refractivity contribution in [3.63, 3.8) is 0 Å². The molecule has 0 amide bonds. The van der Waals surface area contributed by atoms with Crippen molar-refractivity contribution in [1.82, 2.24) is 4.98 Å². The van der Waals surface area contributed by atoms with E-state index in [-0.39, 0.29) is 0 Å². The molecule has 1 aromatic heterocycles. The summed E-state index contributed by atoms with van der Waals surface area (Å²) in [5.74, 6) is 2.22. The van der Waals surface area contributed by atoms with Crippen LogP contribution in [0.1, 0.15) is 0 Å². The molecule has 0 fully saturated rings. The first-order chi connectivity index (χ1) is 10.3. The normalized spacial score (nSPS) is 10.1. The number of nitrogens with zero attached hydrogens (tertiary/aromatic N) is 1. The fourth-order valence-electron chi connectivity index (χ4n) is 1.85. The molecular formula is C17H13ClN2O. The standard InChI is InChI=1S/C17H13ClN2O/c18-16-7-4-12-19-17(16)20-13-8-10-15(11-9-13)21-14-5-2-1-3-6-14/h1-12H,(H,19,20). The number of hydrogen-bond donors (Lipinski definition) is 1. The van der Waals surface area contributed by atoms with Gasteiger partial charge in [-0.05, 0) is 48.5 Å². The van der Waals surface area contributed by atoms with E-state index < -0.39 is 0 Å². The Bertz CT molecular complexity index is 714. The fourth-order valence-corrected chi connectivity index (χ4v) is 2.01. The van der Waals surface area contributed by atoms with Crippen LogP contribution in [0.2, 0.25) is 5.02 Å². The van der Waals surface area contributed by atoms with E-state index >= 15 is 0 Å². The van der Waals surface area contributed by atoms with Crippen molar-refractivity contribution in [3.05, 3.63) is 77.9 Å². The zero-order valence-electron chi connectivity index (χ0n) is 11.2. The molecule has 1 N–H and O–H groups in total. The molecule has 0 radical (unpaired) electrons. The van der Waals surface area contributed by atoms with Gasteiger partial charge in [0.25, 0.3) is 0 Å². The first-order valence-electron chi connectivity index (χ1n) is 6.52. The van der Waals surface area contributed by atoms with Crippen LogP contribution in [0.3, 0.4) is 0 Å². The highest BCUT2D eigenvalue weighted by Gasteiger charge is 2.02. The summed E-state index contributed by atoms with van der Waals surface area (Å²) >= 11 is 6.06. The summed E-state index contributed by atoms with van der Waals surface area (Å²) in [6.07, 6.45) is 1.70. The van der Waals surface area contributed by atoms with Crippen molar-refractivity contribution >= 4 is 23.1 Å². The zero-order valence-corrected chi connectivity index (χ0v) is 11.9. The summed E-state index contributed by atoms with van der Waals surface area (Å²) in [5, 5.41) is 3.75. The van der Waals surface area contributed by atoms with E-state index in [1.54, 1.807) is 18.3 Å². The number of rotatable bonds is 4. The molecule has 3 rings (SSSR count). The second-order valence-electron chi connectivity index (χ2n) is 4.40. The molecule has 0 aliphatic rings. The van der Waals surface area contributed by atoms with E-state index in [2.05, 4.69) is 10.3 Å². The highest BCUT2D eigenvalue weighted by atomic mass is 35.5. The first-order valence-corrected chi connectivity index (χ1v) is 6.89. The van der Waals surface area contributed by atoms with Crippen LogP contribution in [-0.4, -0.2) is 4.98 Å². The topological polar surface area (TPSA) is 34.2 Å². The first kappa shape index (κ1) is 13.5. The molecule has 0 atom stereocenters. The average molecular weight is 297 g/mol. The predicted molar refractivity (Wildman–Crippen MR) is 85.5 cm³/mol. The molecule has 0 aliphatic carbocycles. The minimum Gasteiger partial charge on any atom is -0.457 e. The molecule has 0 unspecified atom stereocenters. The quantitative estimate of drug-likeness (QED) is 0.712. The molecule has 0 saturated carbocycles. The van der Waals surface area contributed by atoms with Gasteiger partial charge < -0.3 is 10.1 Å². The van der Waals surface area contributed by atoms with Gasteiger partial charge in [-0.2, -0.15) is 0 Å². The smallest absolute Gasteiger partial charge is 0.149 e. The Morgan fingerprint density at radius 3 is 2.24 bits per heavy atom. The van der Waals surface area contributed by atoms with Crippen LogP contribution in [0.25, 0.3) is 0 Å². The zero-order chi connectivity index (χ0) is 14.5. The second kappa shape index (κ2) is 6.29. The maximum atomic E-state index is 6.06. The SMILES string of the molecule is Clc1cccnc1Nc1ccc(Oc2ccccc2)cc1. The van der Waals surface area contributed by atoms with Crippen LogP contribution in [0.4, 0.5) is 11.5 Å². The van der Waals surface area contributed by atoms with E-state index in [1.807, 2.05) is 54.6 Å². The van der Waals surface area contributed by atoms with Crippen molar-refractivity contribution in [3.8, 4) is 11.5 Å². The van der Waals surface area contributed by atoms with Crippen LogP contribution in [-0.2, 0) is 0 Å². The summed E-state index contributed by atoms with van der Waals surface area (Å²) in [6, 6.07) is 20.9. The maximum Gasteiger partial charge on any atom is 0.149 e. The fraction of sp³-hybridized carbons (Fsp3) is 0. The predicted octanol–water partition coefficient (Wildman–Crippen LogP) is 5.27. The molecule has 2 aromatic carbocycles. The van der Waals surface area contributed by atoms with Gasteiger partial charge in [-0.15, -0.1) is 0 Å². The monoisotopic (exact) mass is 296 g/mol. The van der Waals surface area contributed by atoms with Crippen LogP contribution in [0.15, 0.2) is 72.9 Å². The number of para-hydroxylation sites is 1. The Labute approximate surface area is 128 Å². The van der Waals surface area contributed by atoms with Gasteiger partial charge in [0.1, 0.15) is 17.3 Å². The Kier molecular flexibility index (Phi) is 4.03. The van der Waals surface area contributed by atoms with E-state index in [0.29, 0.717) is 10.8 Å². The van der Waals surface area contributed by atoms with Gasteiger partial charge in [-0.25, -0.2) is 4.98 Å². The minimum absolute atomic E-state index is 0.585. The summed E-state index contributed by atoms with van der Waals surface area (Å²) in [5.41, 5.74) is 0.899. The van der Waals surface area contributed by atoms with Crippen molar-refractivity contribution in [1.29, 1.82) is 0 Å². The van der Waals surface area contributed by atoms with Crippen LogP contribution in [0, 0.1) is 0 Å². The third kappa shape index (κ3) is 3.52. The van der Waals surface area contributed by atoms with E-state index in [9.17, 15) is 0 Å². The highest BCUT2D eigenvalue weighted by molar-refractivity contribution is 6.33. The van der Waals surface area contributed by atoms with E-state index in [4.69, 9.17) is 16.3 Å². The number of halogens is 1. The van der Waals surface area contributed by atoms with Crippen molar-refractivity contribution < 1.29 is 4.74 Å².